The molecule has 114 valence electrons. The first-order chi connectivity index (χ1) is 8.84. The summed E-state index contributed by atoms with van der Waals surface area (Å²) in [5, 5.41) is 2.94. The highest BCUT2D eigenvalue weighted by molar-refractivity contribution is 5.85. The van der Waals surface area contributed by atoms with E-state index in [2.05, 4.69) is 43.4 Å². The molecule has 0 bridgehead atoms. The number of rotatable bonds is 6. The maximum atomic E-state index is 11.8. The van der Waals surface area contributed by atoms with Gasteiger partial charge in [-0.05, 0) is 37.3 Å². The van der Waals surface area contributed by atoms with E-state index in [4.69, 9.17) is 5.73 Å². The van der Waals surface area contributed by atoms with E-state index in [1.165, 1.54) is 11.1 Å². The highest BCUT2D eigenvalue weighted by Gasteiger charge is 2.17. The Hall–Kier alpha value is -1.06. The van der Waals surface area contributed by atoms with E-state index >= 15 is 0 Å². The lowest BCUT2D eigenvalue weighted by Gasteiger charge is -2.24. The molecule has 1 aromatic carbocycles. The van der Waals surface area contributed by atoms with E-state index in [0.717, 1.165) is 6.42 Å². The average Bonchev–Trinajstić information content (AvgIpc) is 2.36. The fourth-order valence-electron chi connectivity index (χ4n) is 1.82. The Morgan fingerprint density at radius 2 is 1.80 bits per heavy atom. The largest absolute Gasteiger partial charge is 0.350 e. The predicted molar refractivity (Wildman–Crippen MR) is 87.4 cm³/mol. The maximum absolute atomic E-state index is 11.8. The average molecular weight is 299 g/mol. The summed E-state index contributed by atoms with van der Waals surface area (Å²) in [5.41, 5.74) is 7.80. The van der Waals surface area contributed by atoms with Crippen LogP contribution in [0.1, 0.15) is 51.2 Å². The van der Waals surface area contributed by atoms with Gasteiger partial charge in [0.2, 0.25) is 5.91 Å². The van der Waals surface area contributed by atoms with Gasteiger partial charge in [-0.2, -0.15) is 0 Å². The Kier molecular flexibility index (Phi) is 7.84. The minimum Gasteiger partial charge on any atom is -0.350 e. The van der Waals surface area contributed by atoms with Crippen LogP contribution in [-0.2, 0) is 11.2 Å². The van der Waals surface area contributed by atoms with Gasteiger partial charge in [0.1, 0.15) is 0 Å². The molecule has 0 aliphatic rings. The summed E-state index contributed by atoms with van der Waals surface area (Å²) < 4.78 is 0. The van der Waals surface area contributed by atoms with Crippen LogP contribution < -0.4 is 11.1 Å². The molecule has 1 amide bonds. The number of benzene rings is 1. The molecule has 20 heavy (non-hydrogen) atoms. The third kappa shape index (κ3) is 6.40. The van der Waals surface area contributed by atoms with E-state index in [0.29, 0.717) is 18.9 Å². The molecule has 0 heterocycles. The SMILES string of the molecule is CC(C)c1ccc(CCC(=O)NC(C)(C)CN)cc1.Cl. The number of hydrogen-bond donors (Lipinski definition) is 2. The van der Waals surface area contributed by atoms with Crippen LogP contribution in [0, 0.1) is 0 Å². The molecule has 0 saturated heterocycles. The van der Waals surface area contributed by atoms with Crippen molar-refractivity contribution in [1.29, 1.82) is 0 Å². The van der Waals surface area contributed by atoms with E-state index in [9.17, 15) is 4.79 Å². The lowest BCUT2D eigenvalue weighted by atomic mass is 10.00. The van der Waals surface area contributed by atoms with E-state index in [-0.39, 0.29) is 23.9 Å². The van der Waals surface area contributed by atoms with Crippen LogP contribution in [0.15, 0.2) is 24.3 Å². The maximum Gasteiger partial charge on any atom is 0.220 e. The second-order valence-corrected chi connectivity index (χ2v) is 6.03. The van der Waals surface area contributed by atoms with Crippen molar-refractivity contribution in [2.75, 3.05) is 6.54 Å². The van der Waals surface area contributed by atoms with Gasteiger partial charge >= 0.3 is 0 Å². The topological polar surface area (TPSA) is 55.1 Å². The number of carbonyl (C=O) groups excluding carboxylic acids is 1. The molecule has 3 nitrogen and oxygen atoms in total. The van der Waals surface area contributed by atoms with Crippen LogP contribution in [0.2, 0.25) is 0 Å². The van der Waals surface area contributed by atoms with Gasteiger partial charge in [0, 0.05) is 18.5 Å². The molecule has 3 N–H and O–H groups in total. The van der Waals surface area contributed by atoms with Crippen molar-refractivity contribution >= 4 is 18.3 Å². The van der Waals surface area contributed by atoms with Gasteiger partial charge in [-0.15, -0.1) is 12.4 Å². The highest BCUT2D eigenvalue weighted by Crippen LogP contribution is 2.15. The number of nitrogens with two attached hydrogens (primary N) is 1. The molecule has 0 spiro atoms. The lowest BCUT2D eigenvalue weighted by Crippen LogP contribution is -2.48. The number of halogens is 1. The summed E-state index contributed by atoms with van der Waals surface area (Å²) in [4.78, 5) is 11.8. The van der Waals surface area contributed by atoms with Crippen LogP contribution in [0.5, 0.6) is 0 Å². The van der Waals surface area contributed by atoms with Crippen molar-refractivity contribution in [3.63, 3.8) is 0 Å². The molecule has 0 atom stereocenters. The minimum atomic E-state index is -0.321. The van der Waals surface area contributed by atoms with Crippen molar-refractivity contribution in [3.05, 3.63) is 35.4 Å². The quantitative estimate of drug-likeness (QED) is 0.848. The molecular formula is C16H27ClN2O. The van der Waals surface area contributed by atoms with Crippen LogP contribution in [0.3, 0.4) is 0 Å². The molecule has 1 rings (SSSR count). The summed E-state index contributed by atoms with van der Waals surface area (Å²) in [5.74, 6) is 0.603. The summed E-state index contributed by atoms with van der Waals surface area (Å²) in [6, 6.07) is 8.50. The van der Waals surface area contributed by atoms with Gasteiger partial charge in [-0.1, -0.05) is 38.1 Å². The molecule has 0 fully saturated rings. The molecule has 1 aromatic rings. The molecule has 0 unspecified atom stereocenters. The Labute approximate surface area is 128 Å². The Bertz CT molecular complexity index is 413. The molecule has 0 aromatic heterocycles. The molecule has 0 aliphatic carbocycles. The zero-order valence-electron chi connectivity index (χ0n) is 12.9. The highest BCUT2D eigenvalue weighted by atomic mass is 35.5. The van der Waals surface area contributed by atoms with Crippen LogP contribution in [-0.4, -0.2) is 18.0 Å². The summed E-state index contributed by atoms with van der Waals surface area (Å²) in [6.07, 6.45) is 1.27. The van der Waals surface area contributed by atoms with Crippen molar-refractivity contribution < 1.29 is 4.79 Å². The Morgan fingerprint density at radius 3 is 2.25 bits per heavy atom. The normalized spacial score (nSPS) is 11.1. The first kappa shape index (κ1) is 18.9. The molecule has 0 aliphatic heterocycles. The Morgan fingerprint density at radius 1 is 1.25 bits per heavy atom. The third-order valence-corrected chi connectivity index (χ3v) is 3.28. The Balaban J connectivity index is 0.00000361. The second-order valence-electron chi connectivity index (χ2n) is 6.03. The van der Waals surface area contributed by atoms with Crippen molar-refractivity contribution in [2.24, 2.45) is 5.73 Å². The summed E-state index contributed by atoms with van der Waals surface area (Å²) in [6.45, 7) is 8.67. The van der Waals surface area contributed by atoms with Gasteiger partial charge in [-0.25, -0.2) is 0 Å². The van der Waals surface area contributed by atoms with Crippen molar-refractivity contribution in [2.45, 2.75) is 52.0 Å². The monoisotopic (exact) mass is 298 g/mol. The predicted octanol–water partition coefficient (Wildman–Crippen LogP) is 3.02. The van der Waals surface area contributed by atoms with Gasteiger partial charge in [0.25, 0.3) is 0 Å². The van der Waals surface area contributed by atoms with Gasteiger partial charge in [0.05, 0.1) is 0 Å². The van der Waals surface area contributed by atoms with E-state index in [1.54, 1.807) is 0 Å². The van der Waals surface area contributed by atoms with Gasteiger partial charge in [-0.3, -0.25) is 4.79 Å². The summed E-state index contributed by atoms with van der Waals surface area (Å²) >= 11 is 0. The second kappa shape index (κ2) is 8.28. The minimum absolute atomic E-state index is 0. The first-order valence-electron chi connectivity index (χ1n) is 6.94. The molecular weight excluding hydrogens is 272 g/mol. The number of carbonyl (C=O) groups is 1. The number of hydrogen-bond acceptors (Lipinski definition) is 2. The van der Waals surface area contributed by atoms with Crippen LogP contribution in [0.4, 0.5) is 0 Å². The fraction of sp³-hybridized carbons (Fsp3) is 0.562. The molecule has 4 heteroatoms. The standard InChI is InChI=1S/C16H26N2O.ClH/c1-12(2)14-8-5-13(6-9-14)7-10-15(19)18-16(3,4)11-17;/h5-6,8-9,12H,7,10-11,17H2,1-4H3,(H,18,19);1H. The summed E-state index contributed by atoms with van der Waals surface area (Å²) in [7, 11) is 0. The molecule has 0 radical (unpaired) electrons. The van der Waals surface area contributed by atoms with E-state index in [1.807, 2.05) is 13.8 Å². The van der Waals surface area contributed by atoms with Crippen LogP contribution in [0.25, 0.3) is 0 Å². The van der Waals surface area contributed by atoms with Crippen molar-refractivity contribution in [3.8, 4) is 0 Å². The van der Waals surface area contributed by atoms with Gasteiger partial charge < -0.3 is 11.1 Å². The molecule has 0 saturated carbocycles. The van der Waals surface area contributed by atoms with Crippen LogP contribution >= 0.6 is 12.4 Å². The number of amides is 1. The van der Waals surface area contributed by atoms with Crippen molar-refractivity contribution in [1.82, 2.24) is 5.32 Å². The lowest BCUT2D eigenvalue weighted by molar-refractivity contribution is -0.122. The number of nitrogens with one attached hydrogen (secondary N) is 1. The van der Waals surface area contributed by atoms with E-state index < -0.39 is 0 Å². The third-order valence-electron chi connectivity index (χ3n) is 3.28. The smallest absolute Gasteiger partial charge is 0.220 e. The fourth-order valence-corrected chi connectivity index (χ4v) is 1.82. The number of aryl methyl sites for hydroxylation is 1. The first-order valence-corrected chi connectivity index (χ1v) is 6.94. The zero-order valence-corrected chi connectivity index (χ0v) is 13.7. The van der Waals surface area contributed by atoms with Gasteiger partial charge in [0.15, 0.2) is 0 Å². The zero-order chi connectivity index (χ0) is 14.5.